The molecule has 8 heteroatoms. The molecule has 0 aliphatic carbocycles. The molecule has 0 saturated heterocycles. The molecule has 1 aromatic heterocycles. The van der Waals surface area contributed by atoms with E-state index in [2.05, 4.69) is 10.3 Å². The first-order chi connectivity index (χ1) is 14.8. The predicted molar refractivity (Wildman–Crippen MR) is 115 cm³/mol. The predicted octanol–water partition coefficient (Wildman–Crippen LogP) is 6.65. The van der Waals surface area contributed by atoms with Crippen LogP contribution in [0.15, 0.2) is 82.6 Å². The Labute approximate surface area is 180 Å². The molecule has 0 amide bonds. The van der Waals surface area contributed by atoms with E-state index in [-0.39, 0.29) is 5.69 Å². The second kappa shape index (κ2) is 8.39. The Morgan fingerprint density at radius 1 is 1.00 bits per heavy atom. The van der Waals surface area contributed by atoms with E-state index >= 15 is 0 Å². The number of benzene rings is 3. The van der Waals surface area contributed by atoms with Crippen molar-refractivity contribution in [3.05, 3.63) is 89.6 Å². The summed E-state index contributed by atoms with van der Waals surface area (Å²) in [6, 6.07) is 19.9. The summed E-state index contributed by atoms with van der Waals surface area (Å²) < 4.78 is 38.7. The van der Waals surface area contributed by atoms with Crippen molar-refractivity contribution >= 4 is 34.3 Å². The number of carboxylic acid groups (broad SMARTS) is 1. The van der Waals surface area contributed by atoms with Crippen molar-refractivity contribution in [1.29, 1.82) is 0 Å². The molecule has 0 aliphatic rings. The first kappa shape index (κ1) is 20.9. The topological polar surface area (TPSA) is 65.1 Å². The first-order valence-corrected chi connectivity index (χ1v) is 10.1. The zero-order chi connectivity index (χ0) is 22.0. The van der Waals surface area contributed by atoms with Crippen LogP contribution in [0.2, 0.25) is 0 Å². The molecule has 3 aromatic carbocycles. The van der Waals surface area contributed by atoms with Crippen molar-refractivity contribution in [2.75, 3.05) is 5.32 Å². The van der Waals surface area contributed by atoms with Crippen LogP contribution in [0.3, 0.4) is 0 Å². The lowest BCUT2D eigenvalue weighted by Gasteiger charge is -2.11. The Hall–Kier alpha value is -3.39. The third-order valence-electron chi connectivity index (χ3n) is 4.68. The molecule has 0 saturated carbocycles. The molecule has 1 heterocycles. The van der Waals surface area contributed by atoms with Gasteiger partial charge in [0.1, 0.15) is 5.69 Å². The number of rotatable bonds is 6. The Morgan fingerprint density at radius 3 is 2.48 bits per heavy atom. The molecular formula is C23H17F3N2O2S. The Morgan fingerprint density at radius 2 is 1.77 bits per heavy atom. The van der Waals surface area contributed by atoms with Crippen LogP contribution < -0.4 is 5.32 Å². The lowest BCUT2D eigenvalue weighted by molar-refractivity contribution is -0.137. The van der Waals surface area contributed by atoms with E-state index in [1.54, 1.807) is 12.1 Å². The normalized spacial score (nSPS) is 11.6. The molecule has 0 fully saturated rings. The number of halogens is 3. The largest absolute Gasteiger partial charge is 0.477 e. The van der Waals surface area contributed by atoms with Gasteiger partial charge in [0.25, 0.3) is 0 Å². The zero-order valence-corrected chi connectivity index (χ0v) is 16.8. The lowest BCUT2D eigenvalue weighted by atomic mass is 10.1. The minimum atomic E-state index is -4.40. The summed E-state index contributed by atoms with van der Waals surface area (Å²) in [6.07, 6.45) is -4.40. The lowest BCUT2D eigenvalue weighted by Crippen LogP contribution is -2.06. The van der Waals surface area contributed by atoms with Gasteiger partial charge in [-0.1, -0.05) is 42.1 Å². The molecule has 0 atom stereocenters. The van der Waals surface area contributed by atoms with Gasteiger partial charge >= 0.3 is 12.1 Å². The molecule has 31 heavy (non-hydrogen) atoms. The number of nitrogens with one attached hydrogen (secondary N) is 2. The number of hydrogen-bond acceptors (Lipinski definition) is 3. The molecular weight excluding hydrogens is 425 g/mol. The van der Waals surface area contributed by atoms with Gasteiger partial charge in [-0.25, -0.2) is 4.79 Å². The van der Waals surface area contributed by atoms with E-state index in [0.29, 0.717) is 22.6 Å². The Kier molecular flexibility index (Phi) is 5.65. The van der Waals surface area contributed by atoms with Crippen molar-refractivity contribution in [2.24, 2.45) is 0 Å². The van der Waals surface area contributed by atoms with Crippen LogP contribution in [0.25, 0.3) is 10.9 Å². The number of aromatic carboxylic acids is 1. The minimum Gasteiger partial charge on any atom is -0.477 e. The summed E-state index contributed by atoms with van der Waals surface area (Å²) >= 11 is 1.35. The fourth-order valence-electron chi connectivity index (χ4n) is 3.20. The highest BCUT2D eigenvalue weighted by molar-refractivity contribution is 7.99. The van der Waals surface area contributed by atoms with Crippen LogP contribution in [0, 0.1) is 0 Å². The Bertz CT molecular complexity index is 1240. The number of aromatic amines is 1. The molecule has 4 rings (SSSR count). The van der Waals surface area contributed by atoms with Gasteiger partial charge in [-0.05, 0) is 48.0 Å². The average Bonchev–Trinajstić information content (AvgIpc) is 3.11. The van der Waals surface area contributed by atoms with Gasteiger partial charge in [0.15, 0.2) is 0 Å². The van der Waals surface area contributed by atoms with Crippen LogP contribution in [-0.4, -0.2) is 16.1 Å². The van der Waals surface area contributed by atoms with Crippen LogP contribution in [0.5, 0.6) is 0 Å². The first-order valence-electron chi connectivity index (χ1n) is 9.33. The highest BCUT2D eigenvalue weighted by atomic mass is 32.2. The van der Waals surface area contributed by atoms with Gasteiger partial charge in [-0.3, -0.25) is 0 Å². The maximum atomic E-state index is 12.9. The summed E-state index contributed by atoms with van der Waals surface area (Å²) in [6.45, 7) is 0.292. The van der Waals surface area contributed by atoms with Crippen LogP contribution >= 0.6 is 11.8 Å². The maximum Gasteiger partial charge on any atom is 0.416 e. The maximum absolute atomic E-state index is 12.9. The van der Waals surface area contributed by atoms with Crippen LogP contribution in [-0.2, 0) is 12.7 Å². The second-order valence-corrected chi connectivity index (χ2v) is 7.95. The summed E-state index contributed by atoms with van der Waals surface area (Å²) in [5.74, 6) is -1.06. The monoisotopic (exact) mass is 442 g/mol. The number of fused-ring (bicyclic) bond motifs is 1. The fourth-order valence-corrected chi connectivity index (χ4v) is 4.25. The summed E-state index contributed by atoms with van der Waals surface area (Å²) in [5, 5.41) is 13.4. The summed E-state index contributed by atoms with van der Waals surface area (Å²) in [4.78, 5) is 16.2. The smallest absolute Gasteiger partial charge is 0.416 e. The van der Waals surface area contributed by atoms with Crippen molar-refractivity contribution < 1.29 is 23.1 Å². The van der Waals surface area contributed by atoms with Crippen molar-refractivity contribution in [1.82, 2.24) is 4.98 Å². The molecule has 0 radical (unpaired) electrons. The summed E-state index contributed by atoms with van der Waals surface area (Å²) in [7, 11) is 0. The number of anilines is 1. The van der Waals surface area contributed by atoms with Crippen molar-refractivity contribution in [2.45, 2.75) is 22.5 Å². The van der Waals surface area contributed by atoms with E-state index in [1.807, 2.05) is 42.5 Å². The van der Waals surface area contributed by atoms with Crippen molar-refractivity contribution in [3.63, 3.8) is 0 Å². The van der Waals surface area contributed by atoms with Gasteiger partial charge in [-0.2, -0.15) is 13.2 Å². The fraction of sp³-hybridized carbons (Fsp3) is 0.0870. The van der Waals surface area contributed by atoms with Gasteiger partial charge < -0.3 is 15.4 Å². The van der Waals surface area contributed by atoms with Crippen LogP contribution in [0.4, 0.5) is 18.9 Å². The van der Waals surface area contributed by atoms with Crippen molar-refractivity contribution in [3.8, 4) is 0 Å². The van der Waals surface area contributed by atoms with Gasteiger partial charge in [0.05, 0.1) is 10.5 Å². The summed E-state index contributed by atoms with van der Waals surface area (Å²) in [5.41, 5.74) is 1.24. The molecule has 4 nitrogen and oxygen atoms in total. The van der Waals surface area contributed by atoms with Gasteiger partial charge in [-0.15, -0.1) is 0 Å². The highest BCUT2D eigenvalue weighted by Crippen LogP contribution is 2.37. The van der Waals surface area contributed by atoms with Crippen LogP contribution in [0.1, 0.15) is 21.6 Å². The van der Waals surface area contributed by atoms with E-state index in [1.165, 1.54) is 17.8 Å². The molecule has 0 spiro atoms. The van der Waals surface area contributed by atoms with Gasteiger partial charge in [0, 0.05) is 28.0 Å². The third kappa shape index (κ3) is 4.69. The minimum absolute atomic E-state index is 0.104. The van der Waals surface area contributed by atoms with E-state index in [9.17, 15) is 23.1 Å². The SMILES string of the molecule is O=C(O)c1[nH]c2ccc(CNc3cccc(C(F)(F)F)c3)cc2c1Sc1ccccc1. The number of aromatic nitrogens is 1. The molecule has 0 bridgehead atoms. The van der Waals surface area contributed by atoms with E-state index in [4.69, 9.17) is 0 Å². The van der Waals surface area contributed by atoms with E-state index in [0.717, 1.165) is 28.0 Å². The van der Waals surface area contributed by atoms with Gasteiger partial charge in [0.2, 0.25) is 0 Å². The quantitative estimate of drug-likeness (QED) is 0.313. The molecule has 0 aliphatic heterocycles. The van der Waals surface area contributed by atoms with E-state index < -0.39 is 17.7 Å². The average molecular weight is 442 g/mol. The number of H-pyrrole nitrogens is 1. The highest BCUT2D eigenvalue weighted by Gasteiger charge is 2.30. The molecule has 0 unspecified atom stereocenters. The molecule has 3 N–H and O–H groups in total. The molecule has 4 aromatic rings. The number of carbonyl (C=O) groups is 1. The number of hydrogen-bond donors (Lipinski definition) is 3. The third-order valence-corrected chi connectivity index (χ3v) is 5.81. The number of carboxylic acids is 1. The molecule has 158 valence electrons. The standard InChI is InChI=1S/C23H17F3N2O2S/c24-23(25,26)15-5-4-6-16(12-15)27-13-14-9-10-19-18(11-14)21(20(28-19)22(29)30)31-17-7-2-1-3-8-17/h1-12,27-28H,13H2,(H,29,30). The second-order valence-electron chi connectivity index (χ2n) is 6.86. The zero-order valence-electron chi connectivity index (χ0n) is 16.0. The Balaban J connectivity index is 1.63. The number of alkyl halides is 3.